The molecular formula is C15H22ClN3O3. The Labute approximate surface area is 136 Å². The molecule has 0 radical (unpaired) electrons. The monoisotopic (exact) mass is 327 g/mol. The third-order valence-corrected chi connectivity index (χ3v) is 3.17. The number of ether oxygens (including phenoxy) is 1. The molecule has 1 fully saturated rings. The second-order valence-corrected chi connectivity index (χ2v) is 5.30. The van der Waals surface area contributed by atoms with Gasteiger partial charge in [-0.15, -0.1) is 12.4 Å². The van der Waals surface area contributed by atoms with Crippen LogP contribution in [0.2, 0.25) is 0 Å². The molecule has 2 unspecified atom stereocenters. The smallest absolute Gasteiger partial charge is 0.253 e. The fraction of sp³-hybridized carbons (Fsp3) is 0.467. The molecule has 1 heterocycles. The molecule has 22 heavy (non-hydrogen) atoms. The highest BCUT2D eigenvalue weighted by Crippen LogP contribution is 2.17. The molecule has 1 aliphatic heterocycles. The first kappa shape index (κ1) is 18.4. The molecule has 6 nitrogen and oxygen atoms in total. The van der Waals surface area contributed by atoms with Gasteiger partial charge in [0, 0.05) is 30.4 Å². The third-order valence-electron chi connectivity index (χ3n) is 3.17. The standard InChI is InChI=1S/C15H21N3O3.ClH/c1-10(16)9-14(19)17-11-4-6-12(7-5-11)18-15(20)13-3-2-8-21-13;/h4-7,10,13H,2-3,8-9,16H2,1H3,(H,17,19)(H,18,20);1H. The molecule has 1 saturated heterocycles. The van der Waals surface area contributed by atoms with Crippen molar-refractivity contribution in [2.24, 2.45) is 5.73 Å². The Morgan fingerprint density at radius 1 is 1.27 bits per heavy atom. The normalized spacial score (nSPS) is 18.2. The van der Waals surface area contributed by atoms with E-state index in [9.17, 15) is 9.59 Å². The molecule has 2 rings (SSSR count). The van der Waals surface area contributed by atoms with Crippen molar-refractivity contribution in [1.82, 2.24) is 0 Å². The van der Waals surface area contributed by atoms with Gasteiger partial charge in [0.1, 0.15) is 6.10 Å². The maximum absolute atomic E-state index is 11.9. The maximum Gasteiger partial charge on any atom is 0.253 e. The first-order valence-corrected chi connectivity index (χ1v) is 7.12. The molecule has 0 aliphatic carbocycles. The fourth-order valence-corrected chi connectivity index (χ4v) is 2.15. The van der Waals surface area contributed by atoms with E-state index in [0.717, 1.165) is 12.8 Å². The summed E-state index contributed by atoms with van der Waals surface area (Å²) in [7, 11) is 0. The topological polar surface area (TPSA) is 93.5 Å². The van der Waals surface area contributed by atoms with E-state index in [4.69, 9.17) is 10.5 Å². The van der Waals surface area contributed by atoms with Crippen LogP contribution in [0.5, 0.6) is 0 Å². The van der Waals surface area contributed by atoms with Crippen molar-refractivity contribution in [2.45, 2.75) is 38.3 Å². The zero-order chi connectivity index (χ0) is 15.2. The van der Waals surface area contributed by atoms with Crippen LogP contribution in [-0.4, -0.2) is 30.6 Å². The van der Waals surface area contributed by atoms with Crippen LogP contribution in [0.25, 0.3) is 0 Å². The molecule has 7 heteroatoms. The van der Waals surface area contributed by atoms with E-state index in [1.807, 2.05) is 0 Å². The fourth-order valence-electron chi connectivity index (χ4n) is 2.15. The first-order valence-electron chi connectivity index (χ1n) is 7.12. The zero-order valence-electron chi connectivity index (χ0n) is 12.5. The Morgan fingerprint density at radius 2 is 1.86 bits per heavy atom. The number of anilines is 2. The summed E-state index contributed by atoms with van der Waals surface area (Å²) in [5.41, 5.74) is 6.92. The van der Waals surface area contributed by atoms with E-state index >= 15 is 0 Å². The molecule has 0 bridgehead atoms. The van der Waals surface area contributed by atoms with Crippen molar-refractivity contribution >= 4 is 35.6 Å². The summed E-state index contributed by atoms with van der Waals surface area (Å²) in [5.74, 6) is -0.248. The lowest BCUT2D eigenvalue weighted by Gasteiger charge is -2.11. The predicted octanol–water partition coefficient (Wildman–Crippen LogP) is 1.90. The van der Waals surface area contributed by atoms with E-state index in [1.54, 1.807) is 31.2 Å². The predicted molar refractivity (Wildman–Crippen MR) is 88.2 cm³/mol. The molecule has 1 aromatic rings. The molecule has 1 aromatic carbocycles. The minimum atomic E-state index is -0.351. The highest BCUT2D eigenvalue weighted by Gasteiger charge is 2.23. The Morgan fingerprint density at radius 3 is 2.36 bits per heavy atom. The number of hydrogen-bond acceptors (Lipinski definition) is 4. The minimum Gasteiger partial charge on any atom is -0.368 e. The average molecular weight is 328 g/mol. The van der Waals surface area contributed by atoms with Crippen LogP contribution < -0.4 is 16.4 Å². The van der Waals surface area contributed by atoms with Crippen LogP contribution in [0.4, 0.5) is 11.4 Å². The zero-order valence-corrected chi connectivity index (χ0v) is 13.3. The molecule has 4 N–H and O–H groups in total. The Kier molecular flexibility index (Phi) is 7.31. The van der Waals surface area contributed by atoms with Gasteiger partial charge >= 0.3 is 0 Å². The summed E-state index contributed by atoms with van der Waals surface area (Å²) in [6.07, 6.45) is 1.60. The second kappa shape index (κ2) is 8.73. The van der Waals surface area contributed by atoms with Gasteiger partial charge < -0.3 is 21.1 Å². The van der Waals surface area contributed by atoms with Crippen LogP contribution in [-0.2, 0) is 14.3 Å². The molecule has 0 spiro atoms. The van der Waals surface area contributed by atoms with Crippen LogP contribution in [0.15, 0.2) is 24.3 Å². The van der Waals surface area contributed by atoms with Crippen molar-refractivity contribution in [3.05, 3.63) is 24.3 Å². The molecule has 2 atom stereocenters. The number of halogens is 1. The van der Waals surface area contributed by atoms with E-state index in [1.165, 1.54) is 0 Å². The number of nitrogens with two attached hydrogens (primary N) is 1. The van der Waals surface area contributed by atoms with Crippen molar-refractivity contribution in [2.75, 3.05) is 17.2 Å². The number of carbonyl (C=O) groups is 2. The number of carbonyl (C=O) groups excluding carboxylic acids is 2. The van der Waals surface area contributed by atoms with Crippen molar-refractivity contribution in [1.29, 1.82) is 0 Å². The van der Waals surface area contributed by atoms with E-state index in [2.05, 4.69) is 10.6 Å². The van der Waals surface area contributed by atoms with Gasteiger partial charge in [0.2, 0.25) is 5.91 Å². The summed E-state index contributed by atoms with van der Waals surface area (Å²) in [5, 5.41) is 5.55. The summed E-state index contributed by atoms with van der Waals surface area (Å²) in [6.45, 7) is 2.42. The Bertz CT molecular complexity index is 499. The molecule has 2 amide bonds. The summed E-state index contributed by atoms with van der Waals surface area (Å²) in [4.78, 5) is 23.5. The van der Waals surface area contributed by atoms with Gasteiger partial charge in [-0.1, -0.05) is 0 Å². The number of hydrogen-bond donors (Lipinski definition) is 3. The molecule has 0 saturated carbocycles. The average Bonchev–Trinajstić information content (AvgIpc) is 2.94. The largest absolute Gasteiger partial charge is 0.368 e. The molecular weight excluding hydrogens is 306 g/mol. The van der Waals surface area contributed by atoms with Gasteiger partial charge in [-0.25, -0.2) is 0 Å². The second-order valence-electron chi connectivity index (χ2n) is 5.30. The van der Waals surface area contributed by atoms with Gasteiger partial charge in [-0.2, -0.15) is 0 Å². The van der Waals surface area contributed by atoms with Crippen molar-refractivity contribution in [3.8, 4) is 0 Å². The van der Waals surface area contributed by atoms with Gasteiger partial charge in [0.05, 0.1) is 0 Å². The van der Waals surface area contributed by atoms with Crippen molar-refractivity contribution < 1.29 is 14.3 Å². The van der Waals surface area contributed by atoms with Crippen LogP contribution >= 0.6 is 12.4 Å². The van der Waals surface area contributed by atoms with Gasteiger partial charge in [0.15, 0.2) is 0 Å². The SMILES string of the molecule is CC(N)CC(=O)Nc1ccc(NC(=O)C2CCCO2)cc1.Cl. The van der Waals surface area contributed by atoms with Crippen molar-refractivity contribution in [3.63, 3.8) is 0 Å². The summed E-state index contributed by atoms with van der Waals surface area (Å²) < 4.78 is 5.32. The highest BCUT2D eigenvalue weighted by molar-refractivity contribution is 5.95. The van der Waals surface area contributed by atoms with E-state index in [-0.39, 0.29) is 42.8 Å². The number of rotatable bonds is 5. The Balaban J connectivity index is 0.00000242. The van der Waals surface area contributed by atoms with E-state index < -0.39 is 0 Å². The quantitative estimate of drug-likeness (QED) is 0.770. The Hall–Kier alpha value is -1.63. The molecule has 1 aliphatic rings. The molecule has 122 valence electrons. The summed E-state index contributed by atoms with van der Waals surface area (Å²) >= 11 is 0. The number of amides is 2. The third kappa shape index (κ3) is 5.63. The van der Waals surface area contributed by atoms with E-state index in [0.29, 0.717) is 18.0 Å². The first-order chi connectivity index (χ1) is 10.0. The molecule has 0 aromatic heterocycles. The van der Waals surface area contributed by atoms with Crippen LogP contribution in [0, 0.1) is 0 Å². The minimum absolute atomic E-state index is 0. The number of benzene rings is 1. The van der Waals surface area contributed by atoms with Crippen LogP contribution in [0.1, 0.15) is 26.2 Å². The maximum atomic E-state index is 11.9. The highest BCUT2D eigenvalue weighted by atomic mass is 35.5. The lowest BCUT2D eigenvalue weighted by atomic mass is 10.2. The van der Waals surface area contributed by atoms with Gasteiger partial charge in [0.25, 0.3) is 5.91 Å². The van der Waals surface area contributed by atoms with Crippen LogP contribution in [0.3, 0.4) is 0 Å². The van der Waals surface area contributed by atoms with Gasteiger partial charge in [-0.05, 0) is 44.0 Å². The lowest BCUT2D eigenvalue weighted by molar-refractivity contribution is -0.124. The summed E-state index contributed by atoms with van der Waals surface area (Å²) in [6, 6.07) is 6.80. The lowest BCUT2D eigenvalue weighted by Crippen LogP contribution is -2.26. The number of nitrogens with one attached hydrogen (secondary N) is 2. The van der Waals surface area contributed by atoms with Gasteiger partial charge in [-0.3, -0.25) is 9.59 Å².